The Kier molecular flexibility index (Phi) is 14.7. The van der Waals surface area contributed by atoms with Gasteiger partial charge in [0.15, 0.2) is 17.4 Å². The number of rotatable bonds is 17. The van der Waals surface area contributed by atoms with Gasteiger partial charge in [-0.15, -0.1) is 0 Å². The molecule has 11 nitrogen and oxygen atoms in total. The van der Waals surface area contributed by atoms with Gasteiger partial charge in [-0.25, -0.2) is 18.4 Å². The molecule has 3 aromatic rings. The third-order valence-corrected chi connectivity index (χ3v) is 9.17. The van der Waals surface area contributed by atoms with Gasteiger partial charge < -0.3 is 24.0 Å². The summed E-state index contributed by atoms with van der Waals surface area (Å²) >= 11 is 0. The van der Waals surface area contributed by atoms with Crippen LogP contribution in [0.25, 0.3) is 5.57 Å². The summed E-state index contributed by atoms with van der Waals surface area (Å²) in [5.74, 6) is -6.37. The second kappa shape index (κ2) is 19.2. The number of aryl methyl sites for hydroxylation is 1. The lowest BCUT2D eigenvalue weighted by molar-refractivity contribution is -0.493. The Bertz CT molecular complexity index is 1890. The molecule has 1 atom stereocenters. The van der Waals surface area contributed by atoms with Crippen LogP contribution in [0.15, 0.2) is 60.7 Å². The van der Waals surface area contributed by atoms with Gasteiger partial charge in [0.2, 0.25) is 11.7 Å². The van der Waals surface area contributed by atoms with Crippen molar-refractivity contribution in [2.24, 2.45) is 5.92 Å². The van der Waals surface area contributed by atoms with E-state index in [4.69, 9.17) is 24.6 Å². The van der Waals surface area contributed by atoms with Crippen LogP contribution in [0.2, 0.25) is 0 Å². The number of hydrogen-bond donors (Lipinski definition) is 2. The molecule has 58 heavy (non-hydrogen) atoms. The van der Waals surface area contributed by atoms with E-state index < -0.39 is 82.6 Å². The van der Waals surface area contributed by atoms with E-state index in [0.717, 1.165) is 11.6 Å². The summed E-state index contributed by atoms with van der Waals surface area (Å²) < 4.78 is 139. The van der Waals surface area contributed by atoms with Crippen LogP contribution in [-0.4, -0.2) is 89.8 Å². The fourth-order valence-corrected chi connectivity index (χ4v) is 6.22. The van der Waals surface area contributed by atoms with Gasteiger partial charge in [-0.05, 0) is 78.3 Å². The number of alkyl halides is 6. The Hall–Kier alpha value is -4.89. The minimum absolute atomic E-state index is 0.00937. The highest BCUT2D eigenvalue weighted by Gasteiger charge is 2.42. The second-order valence-electron chi connectivity index (χ2n) is 13.4. The van der Waals surface area contributed by atoms with Crippen LogP contribution in [0, 0.1) is 23.4 Å². The highest BCUT2D eigenvalue weighted by atomic mass is 19.4. The topological polar surface area (TPSA) is 121 Å². The summed E-state index contributed by atoms with van der Waals surface area (Å²) in [6.45, 7) is -1.66. The maximum atomic E-state index is 14.4. The van der Waals surface area contributed by atoms with Crippen LogP contribution in [0.3, 0.4) is 0 Å². The zero-order valence-electron chi connectivity index (χ0n) is 30.5. The van der Waals surface area contributed by atoms with E-state index in [9.17, 15) is 49.1 Å². The zero-order chi connectivity index (χ0) is 42.2. The molecule has 1 fully saturated rings. The molecule has 1 heterocycles. The first-order valence-corrected chi connectivity index (χ1v) is 17.9. The quantitative estimate of drug-likeness (QED) is 0.0607. The van der Waals surface area contributed by atoms with Crippen LogP contribution in [-0.2, 0) is 44.4 Å². The molecule has 0 bridgehead atoms. The van der Waals surface area contributed by atoms with Crippen molar-refractivity contribution in [3.63, 3.8) is 0 Å². The van der Waals surface area contributed by atoms with Crippen molar-refractivity contribution in [1.82, 2.24) is 15.2 Å². The van der Waals surface area contributed by atoms with Crippen molar-refractivity contribution in [1.29, 1.82) is 0 Å². The van der Waals surface area contributed by atoms with Crippen LogP contribution < -0.4 is 4.74 Å². The largest absolute Gasteiger partial charge is 0.488 e. The molecule has 1 aliphatic carbocycles. The molecular formula is C38H38F9N3O8. The molecule has 0 spiro atoms. The first-order chi connectivity index (χ1) is 27.4. The van der Waals surface area contributed by atoms with E-state index in [2.05, 4.69) is 4.84 Å². The predicted molar refractivity (Wildman–Crippen MR) is 183 cm³/mol. The third kappa shape index (κ3) is 12.1. The van der Waals surface area contributed by atoms with Crippen LogP contribution in [0.5, 0.6) is 5.75 Å². The van der Waals surface area contributed by atoms with Gasteiger partial charge >= 0.3 is 18.4 Å². The Morgan fingerprint density at radius 3 is 2.05 bits per heavy atom. The van der Waals surface area contributed by atoms with Crippen LogP contribution in [0.4, 0.5) is 44.3 Å². The number of carbonyl (C=O) groups excluding carboxylic acids is 2. The lowest BCUT2D eigenvalue weighted by atomic mass is 9.87. The number of carbonyl (C=O) groups is 2. The summed E-state index contributed by atoms with van der Waals surface area (Å²) in [7, 11) is 0. The summed E-state index contributed by atoms with van der Waals surface area (Å²) in [5, 5.41) is 16.6. The normalized spacial score (nSPS) is 16.0. The molecule has 2 N–H and O–H groups in total. The van der Waals surface area contributed by atoms with Crippen molar-refractivity contribution in [3.05, 3.63) is 106 Å². The van der Waals surface area contributed by atoms with E-state index >= 15 is 0 Å². The maximum absolute atomic E-state index is 14.4. The number of halogens is 9. The molecule has 2 aliphatic rings. The second-order valence-corrected chi connectivity index (χ2v) is 13.4. The van der Waals surface area contributed by atoms with Crippen molar-refractivity contribution in [2.75, 3.05) is 46.1 Å². The molecule has 0 radical (unpaired) electrons. The smallest absolute Gasteiger partial charge is 0.416 e. The van der Waals surface area contributed by atoms with E-state index in [1.807, 2.05) is 0 Å². The van der Waals surface area contributed by atoms with Gasteiger partial charge in [-0.2, -0.15) is 30.7 Å². The predicted octanol–water partition coefficient (Wildman–Crippen LogP) is 7.82. The van der Waals surface area contributed by atoms with Gasteiger partial charge in [0, 0.05) is 25.7 Å². The summed E-state index contributed by atoms with van der Waals surface area (Å²) in [4.78, 5) is 34.3. The Morgan fingerprint density at radius 1 is 0.793 bits per heavy atom. The molecule has 1 unspecified atom stereocenters. The van der Waals surface area contributed by atoms with Crippen molar-refractivity contribution in [3.8, 4) is 5.75 Å². The van der Waals surface area contributed by atoms with E-state index in [0.29, 0.717) is 48.6 Å². The Balaban J connectivity index is 1.33. The summed E-state index contributed by atoms with van der Waals surface area (Å²) in [6.07, 6.45) is -7.90. The third-order valence-electron chi connectivity index (χ3n) is 9.17. The average Bonchev–Trinajstić information content (AvgIpc) is 4.02. The lowest BCUT2D eigenvalue weighted by Gasteiger charge is -2.35. The van der Waals surface area contributed by atoms with Crippen LogP contribution in [0.1, 0.15) is 47.1 Å². The molecule has 1 saturated carbocycles. The molecular weight excluding hydrogens is 797 g/mol. The van der Waals surface area contributed by atoms with Crippen LogP contribution >= 0.6 is 0 Å². The number of nitrogens with zero attached hydrogens (tertiary/aromatic N) is 3. The highest BCUT2D eigenvalue weighted by molar-refractivity contribution is 5.94. The summed E-state index contributed by atoms with van der Waals surface area (Å²) in [5.41, 5.74) is -1.70. The molecule has 2 amide bonds. The van der Waals surface area contributed by atoms with Gasteiger partial charge in [0.25, 0.3) is 0 Å². The van der Waals surface area contributed by atoms with Gasteiger partial charge in [0.1, 0.15) is 6.61 Å². The van der Waals surface area contributed by atoms with Crippen molar-refractivity contribution >= 4 is 17.6 Å². The van der Waals surface area contributed by atoms with E-state index in [-0.39, 0.29) is 64.2 Å². The van der Waals surface area contributed by atoms with E-state index in [1.54, 1.807) is 30.3 Å². The standard InChI is InChI=1S/C38H38F9N3O8/c39-31-9-10-32(40)34(33(31)41)56-13-1-2-23-3-5-25(6-4-23)29-11-12-48(36(52)57-16-14-55-15-17-58-50(53)54)22-30(29)35(51)49(28-7-8-28)21-24-18-26(37(42,43)44)20-27(19-24)38(45,46)47/h3-6,9-11,18-20,28,30,53-54H,1-2,7-8,12-17,21-22H2. The fourth-order valence-electron chi connectivity index (χ4n) is 6.22. The van der Waals surface area contributed by atoms with Gasteiger partial charge in [-0.3, -0.25) is 15.2 Å². The molecule has 3 aromatic carbocycles. The van der Waals surface area contributed by atoms with Crippen molar-refractivity contribution < 1.29 is 78.6 Å². The monoisotopic (exact) mass is 835 g/mol. The SMILES string of the molecule is O=C(OCCOCCON(O)O)N1CC=C(c2ccc(CCCOc3c(F)ccc(F)c3F)cc2)C(C(=O)N(Cc2cc(C(F)(F)F)cc(C(F)(F)F)c2)C2CC2)C1. The highest BCUT2D eigenvalue weighted by Crippen LogP contribution is 2.39. The molecule has 20 heteroatoms. The first kappa shape index (κ1) is 44.2. The molecule has 0 saturated heterocycles. The summed E-state index contributed by atoms with van der Waals surface area (Å²) in [6, 6.07) is 8.85. The van der Waals surface area contributed by atoms with Gasteiger partial charge in [-0.1, -0.05) is 30.3 Å². The molecule has 1 aliphatic heterocycles. The lowest BCUT2D eigenvalue weighted by Crippen LogP contribution is -2.47. The maximum Gasteiger partial charge on any atom is 0.416 e. The fraction of sp³-hybridized carbons (Fsp3) is 0.421. The minimum atomic E-state index is -5.10. The van der Waals surface area contributed by atoms with Gasteiger partial charge in [0.05, 0.1) is 48.9 Å². The number of hydrogen-bond acceptors (Lipinski definition) is 9. The minimum Gasteiger partial charge on any atom is -0.488 e. The number of ether oxygens (including phenoxy) is 3. The Labute approximate surface area is 325 Å². The zero-order valence-corrected chi connectivity index (χ0v) is 30.5. The van der Waals surface area contributed by atoms with Crippen molar-refractivity contribution in [2.45, 2.75) is 50.6 Å². The average molecular weight is 836 g/mol. The molecule has 316 valence electrons. The van der Waals surface area contributed by atoms with E-state index in [1.165, 1.54) is 9.80 Å². The Morgan fingerprint density at radius 2 is 1.43 bits per heavy atom. The molecule has 0 aromatic heterocycles. The number of benzene rings is 3. The number of amides is 2. The first-order valence-electron chi connectivity index (χ1n) is 17.9. The molecule has 5 rings (SSSR count).